The zero-order chi connectivity index (χ0) is 24.7. The number of rotatable bonds is 9. The van der Waals surface area contributed by atoms with Crippen molar-refractivity contribution in [1.82, 2.24) is 16.0 Å². The summed E-state index contributed by atoms with van der Waals surface area (Å²) in [6.45, 7) is 5.80. The van der Waals surface area contributed by atoms with E-state index >= 15 is 0 Å². The zero-order valence-electron chi connectivity index (χ0n) is 20.0. The first-order chi connectivity index (χ1) is 16.3. The highest BCUT2D eigenvalue weighted by atomic mass is 16.5. The normalized spacial score (nSPS) is 14.3. The van der Waals surface area contributed by atoms with Gasteiger partial charge in [0.05, 0.1) is 20.8 Å². The molecule has 0 radical (unpaired) electrons. The highest BCUT2D eigenvalue weighted by Gasteiger charge is 2.25. The fourth-order valence-corrected chi connectivity index (χ4v) is 3.68. The predicted octanol–water partition coefficient (Wildman–Crippen LogP) is 1.71. The fourth-order valence-electron chi connectivity index (χ4n) is 3.68. The Kier molecular flexibility index (Phi) is 8.34. The Morgan fingerprint density at radius 2 is 1.71 bits per heavy atom. The monoisotopic (exact) mass is 468 g/mol. The van der Waals surface area contributed by atoms with Gasteiger partial charge in [-0.1, -0.05) is 26.0 Å². The van der Waals surface area contributed by atoms with Crippen molar-refractivity contribution in [3.05, 3.63) is 53.6 Å². The molecule has 9 nitrogen and oxygen atoms in total. The van der Waals surface area contributed by atoms with Gasteiger partial charge in [-0.25, -0.2) is 0 Å². The summed E-state index contributed by atoms with van der Waals surface area (Å²) >= 11 is 0. The molecule has 0 aromatic heterocycles. The molecule has 1 aliphatic rings. The number of carbonyl (C=O) groups excluding carboxylic acids is 3. The molecule has 1 saturated heterocycles. The lowest BCUT2D eigenvalue weighted by Gasteiger charge is -2.28. The van der Waals surface area contributed by atoms with Crippen molar-refractivity contribution in [3.8, 4) is 11.5 Å². The maximum Gasteiger partial charge on any atom is 0.252 e. The van der Waals surface area contributed by atoms with Crippen LogP contribution in [0, 0.1) is 5.92 Å². The average Bonchev–Trinajstić information content (AvgIpc) is 2.85. The third kappa shape index (κ3) is 6.40. The second-order valence-electron chi connectivity index (χ2n) is 8.45. The minimum absolute atomic E-state index is 0.0109. The molecule has 9 heteroatoms. The van der Waals surface area contributed by atoms with E-state index in [4.69, 9.17) is 9.47 Å². The third-order valence-corrected chi connectivity index (χ3v) is 5.66. The summed E-state index contributed by atoms with van der Waals surface area (Å²) in [7, 11) is 3.02. The van der Waals surface area contributed by atoms with Gasteiger partial charge in [-0.2, -0.15) is 0 Å². The van der Waals surface area contributed by atoms with Crippen LogP contribution < -0.4 is 30.3 Å². The molecule has 0 saturated carbocycles. The first-order valence-electron chi connectivity index (χ1n) is 11.2. The molecule has 34 heavy (non-hydrogen) atoms. The minimum Gasteiger partial charge on any atom is -0.497 e. The van der Waals surface area contributed by atoms with Crippen LogP contribution in [0.5, 0.6) is 11.5 Å². The highest BCUT2D eigenvalue weighted by Crippen LogP contribution is 2.23. The molecule has 3 amide bonds. The fraction of sp³-hybridized carbons (Fsp3) is 0.400. The molecule has 1 fully saturated rings. The second kappa shape index (κ2) is 11.4. The molecular formula is C25H32N4O5. The number of anilines is 1. The van der Waals surface area contributed by atoms with E-state index in [-0.39, 0.29) is 23.6 Å². The van der Waals surface area contributed by atoms with Gasteiger partial charge in [0.2, 0.25) is 11.8 Å². The van der Waals surface area contributed by atoms with Gasteiger partial charge in [-0.3, -0.25) is 14.4 Å². The van der Waals surface area contributed by atoms with Crippen LogP contribution in [0.15, 0.2) is 42.5 Å². The van der Waals surface area contributed by atoms with Gasteiger partial charge in [-0.05, 0) is 35.7 Å². The summed E-state index contributed by atoms with van der Waals surface area (Å²) in [6, 6.07) is 11.9. The van der Waals surface area contributed by atoms with Gasteiger partial charge >= 0.3 is 0 Å². The lowest BCUT2D eigenvalue weighted by atomic mass is 10.0. The SMILES string of the molecule is COc1cc(OC)cc(C(=O)NC(C(=O)NCc2ccc(N3CCNC(=O)C3)cc2)C(C)C)c1. The number of benzene rings is 2. The van der Waals surface area contributed by atoms with Crippen molar-refractivity contribution >= 4 is 23.4 Å². The van der Waals surface area contributed by atoms with E-state index in [0.29, 0.717) is 36.7 Å². The first kappa shape index (κ1) is 24.9. The van der Waals surface area contributed by atoms with Crippen LogP contribution in [0.3, 0.4) is 0 Å². The first-order valence-corrected chi connectivity index (χ1v) is 11.2. The maximum absolute atomic E-state index is 12.9. The Balaban J connectivity index is 1.60. The molecule has 3 N–H and O–H groups in total. The van der Waals surface area contributed by atoms with Gasteiger partial charge in [-0.15, -0.1) is 0 Å². The maximum atomic E-state index is 12.9. The van der Waals surface area contributed by atoms with E-state index in [1.54, 1.807) is 18.2 Å². The van der Waals surface area contributed by atoms with E-state index in [1.165, 1.54) is 14.2 Å². The highest BCUT2D eigenvalue weighted by molar-refractivity contribution is 5.98. The van der Waals surface area contributed by atoms with Crippen molar-refractivity contribution in [3.63, 3.8) is 0 Å². The molecule has 0 aliphatic carbocycles. The standard InChI is InChI=1S/C25H32N4O5/c1-16(2)23(28-24(31)18-11-20(33-3)13-21(12-18)34-4)25(32)27-14-17-5-7-19(8-6-17)29-10-9-26-22(30)15-29/h5-8,11-13,16,23H,9-10,14-15H2,1-4H3,(H,26,30)(H,27,32)(H,28,31). The molecule has 0 bridgehead atoms. The topological polar surface area (TPSA) is 109 Å². The molecule has 2 aromatic rings. The molecule has 2 aromatic carbocycles. The van der Waals surface area contributed by atoms with Gasteiger partial charge < -0.3 is 30.3 Å². The van der Waals surface area contributed by atoms with E-state index in [1.807, 2.05) is 43.0 Å². The number of ether oxygens (including phenoxy) is 2. The number of carbonyl (C=O) groups is 3. The number of amides is 3. The summed E-state index contributed by atoms with van der Waals surface area (Å²) in [5.74, 6) is 0.212. The number of hydrogen-bond acceptors (Lipinski definition) is 6. The number of piperazine rings is 1. The summed E-state index contributed by atoms with van der Waals surface area (Å²) in [6.07, 6.45) is 0. The summed E-state index contributed by atoms with van der Waals surface area (Å²) in [4.78, 5) is 39.4. The van der Waals surface area contributed by atoms with Crippen LogP contribution in [0.2, 0.25) is 0 Å². The van der Waals surface area contributed by atoms with E-state index in [2.05, 4.69) is 16.0 Å². The minimum atomic E-state index is -0.712. The summed E-state index contributed by atoms with van der Waals surface area (Å²) < 4.78 is 10.5. The Morgan fingerprint density at radius 1 is 1.06 bits per heavy atom. The van der Waals surface area contributed by atoms with Crippen LogP contribution in [0.1, 0.15) is 29.8 Å². The molecule has 3 rings (SSSR count). The number of hydrogen-bond donors (Lipinski definition) is 3. The van der Waals surface area contributed by atoms with E-state index < -0.39 is 6.04 Å². The number of nitrogens with zero attached hydrogens (tertiary/aromatic N) is 1. The van der Waals surface area contributed by atoms with Crippen molar-refractivity contribution in [2.75, 3.05) is 38.8 Å². The van der Waals surface area contributed by atoms with E-state index in [0.717, 1.165) is 17.8 Å². The Labute approximate surface area is 199 Å². The van der Waals surface area contributed by atoms with Crippen LogP contribution in [-0.4, -0.2) is 57.6 Å². The zero-order valence-corrected chi connectivity index (χ0v) is 20.0. The quantitative estimate of drug-likeness (QED) is 0.517. The van der Waals surface area contributed by atoms with Gasteiger partial charge in [0.25, 0.3) is 5.91 Å². The van der Waals surface area contributed by atoms with Crippen LogP contribution >= 0.6 is 0 Å². The molecule has 1 atom stereocenters. The molecule has 1 heterocycles. The lowest BCUT2D eigenvalue weighted by molar-refractivity contribution is -0.124. The summed E-state index contributed by atoms with van der Waals surface area (Å²) in [5, 5.41) is 8.54. The molecule has 0 spiro atoms. The average molecular weight is 469 g/mol. The smallest absolute Gasteiger partial charge is 0.252 e. The van der Waals surface area contributed by atoms with Crippen molar-refractivity contribution < 1.29 is 23.9 Å². The Bertz CT molecular complexity index is 1000. The predicted molar refractivity (Wildman–Crippen MR) is 129 cm³/mol. The third-order valence-electron chi connectivity index (χ3n) is 5.66. The second-order valence-corrected chi connectivity index (χ2v) is 8.45. The van der Waals surface area contributed by atoms with Crippen molar-refractivity contribution in [1.29, 1.82) is 0 Å². The molecular weight excluding hydrogens is 436 g/mol. The largest absolute Gasteiger partial charge is 0.497 e. The Morgan fingerprint density at radius 3 is 2.26 bits per heavy atom. The molecule has 1 unspecified atom stereocenters. The van der Waals surface area contributed by atoms with Crippen LogP contribution in [0.25, 0.3) is 0 Å². The summed E-state index contributed by atoms with van der Waals surface area (Å²) in [5.41, 5.74) is 2.23. The number of nitrogens with one attached hydrogen (secondary N) is 3. The van der Waals surface area contributed by atoms with Gasteiger partial charge in [0, 0.05) is 37.0 Å². The van der Waals surface area contributed by atoms with Crippen molar-refractivity contribution in [2.45, 2.75) is 26.4 Å². The van der Waals surface area contributed by atoms with Crippen LogP contribution in [-0.2, 0) is 16.1 Å². The van der Waals surface area contributed by atoms with Crippen LogP contribution in [0.4, 0.5) is 5.69 Å². The molecule has 182 valence electrons. The van der Waals surface area contributed by atoms with Gasteiger partial charge in [0.1, 0.15) is 17.5 Å². The van der Waals surface area contributed by atoms with E-state index in [9.17, 15) is 14.4 Å². The van der Waals surface area contributed by atoms with Crippen molar-refractivity contribution in [2.24, 2.45) is 5.92 Å². The number of methoxy groups -OCH3 is 2. The lowest BCUT2D eigenvalue weighted by Crippen LogP contribution is -2.49. The molecule has 1 aliphatic heterocycles. The Hall–Kier alpha value is -3.75. The van der Waals surface area contributed by atoms with Gasteiger partial charge in [0.15, 0.2) is 0 Å².